The lowest BCUT2D eigenvalue weighted by molar-refractivity contribution is 0.0953. The molecule has 0 aliphatic heterocycles. The first-order chi connectivity index (χ1) is 9.16. The summed E-state index contributed by atoms with van der Waals surface area (Å²) in [6.45, 7) is 2.12. The number of amides is 1. The Hall–Kier alpha value is -2.30. The van der Waals surface area contributed by atoms with Crippen LogP contribution in [-0.2, 0) is 6.42 Å². The van der Waals surface area contributed by atoms with Crippen molar-refractivity contribution in [1.82, 2.24) is 15.3 Å². The Bertz CT molecular complexity index is 569. The van der Waals surface area contributed by atoms with Gasteiger partial charge in [-0.05, 0) is 25.0 Å². The van der Waals surface area contributed by atoms with Crippen LogP contribution in [0.1, 0.15) is 21.7 Å². The predicted octanol–water partition coefficient (Wildman–Crippen LogP) is 1.90. The molecule has 5 heteroatoms. The largest absolute Gasteiger partial charge is 0.352 e. The lowest BCUT2D eigenvalue weighted by Crippen LogP contribution is -2.26. The maximum absolute atomic E-state index is 13.3. The number of halogens is 1. The van der Waals surface area contributed by atoms with E-state index in [1.54, 1.807) is 25.1 Å². The van der Waals surface area contributed by atoms with E-state index in [9.17, 15) is 9.18 Å². The van der Waals surface area contributed by atoms with Crippen molar-refractivity contribution in [2.24, 2.45) is 0 Å². The monoisotopic (exact) mass is 259 g/mol. The minimum absolute atomic E-state index is 0.253. The summed E-state index contributed by atoms with van der Waals surface area (Å²) < 4.78 is 13.3. The quantitative estimate of drug-likeness (QED) is 0.912. The topological polar surface area (TPSA) is 54.9 Å². The van der Waals surface area contributed by atoms with Crippen LogP contribution in [0.5, 0.6) is 0 Å². The molecule has 98 valence electrons. The molecule has 1 aromatic carbocycles. The number of aromatic nitrogens is 2. The van der Waals surface area contributed by atoms with E-state index in [-0.39, 0.29) is 11.7 Å². The molecule has 0 bridgehead atoms. The summed E-state index contributed by atoms with van der Waals surface area (Å²) in [5, 5.41) is 2.71. The maximum atomic E-state index is 13.3. The molecule has 19 heavy (non-hydrogen) atoms. The van der Waals surface area contributed by atoms with Gasteiger partial charge in [-0.25, -0.2) is 14.4 Å². The van der Waals surface area contributed by atoms with Crippen molar-refractivity contribution in [2.75, 3.05) is 6.54 Å². The first-order valence-electron chi connectivity index (χ1n) is 5.97. The summed E-state index contributed by atoms with van der Waals surface area (Å²) in [6, 6.07) is 6.52. The van der Waals surface area contributed by atoms with Crippen LogP contribution in [0, 0.1) is 12.7 Å². The number of nitrogens with one attached hydrogen (secondary N) is 1. The van der Waals surface area contributed by atoms with Crippen LogP contribution in [-0.4, -0.2) is 22.4 Å². The Morgan fingerprint density at radius 2 is 1.95 bits per heavy atom. The molecule has 4 nitrogen and oxygen atoms in total. The number of hydrogen-bond acceptors (Lipinski definition) is 3. The molecule has 0 atom stereocenters. The minimum Gasteiger partial charge on any atom is -0.352 e. The molecule has 0 fully saturated rings. The third kappa shape index (κ3) is 3.58. The lowest BCUT2D eigenvalue weighted by atomic mass is 10.1. The van der Waals surface area contributed by atoms with Gasteiger partial charge in [0, 0.05) is 18.9 Å². The Morgan fingerprint density at radius 3 is 2.63 bits per heavy atom. The number of carbonyl (C=O) groups excluding carboxylic acids is 1. The van der Waals surface area contributed by atoms with Gasteiger partial charge in [0.15, 0.2) is 0 Å². The Balaban J connectivity index is 1.88. The zero-order chi connectivity index (χ0) is 13.7. The fourth-order valence-electron chi connectivity index (χ4n) is 1.62. The van der Waals surface area contributed by atoms with Crippen LogP contribution >= 0.6 is 0 Å². The second kappa shape index (κ2) is 6.04. The van der Waals surface area contributed by atoms with Gasteiger partial charge in [-0.15, -0.1) is 0 Å². The molecule has 2 rings (SSSR count). The third-order valence-corrected chi connectivity index (χ3v) is 2.68. The molecule has 1 aromatic heterocycles. The van der Waals surface area contributed by atoms with E-state index >= 15 is 0 Å². The van der Waals surface area contributed by atoms with Crippen molar-refractivity contribution < 1.29 is 9.18 Å². The molecule has 0 aliphatic carbocycles. The van der Waals surface area contributed by atoms with Crippen LogP contribution < -0.4 is 5.32 Å². The van der Waals surface area contributed by atoms with Gasteiger partial charge >= 0.3 is 0 Å². The smallest absolute Gasteiger partial charge is 0.254 e. The van der Waals surface area contributed by atoms with Crippen molar-refractivity contribution in [3.8, 4) is 0 Å². The standard InChI is InChI=1S/C14H14FN3O/c1-10-17-8-12(9-18-10)14(19)16-7-6-11-4-2-3-5-13(11)15/h2-5,8-9H,6-7H2,1H3,(H,16,19). The van der Waals surface area contributed by atoms with Gasteiger partial charge < -0.3 is 5.32 Å². The molecule has 0 saturated heterocycles. The van der Waals surface area contributed by atoms with Crippen molar-refractivity contribution >= 4 is 5.91 Å². The molecule has 0 radical (unpaired) electrons. The number of hydrogen-bond donors (Lipinski definition) is 1. The normalized spacial score (nSPS) is 10.2. The summed E-state index contributed by atoms with van der Waals surface area (Å²) >= 11 is 0. The van der Waals surface area contributed by atoms with Crippen molar-refractivity contribution in [2.45, 2.75) is 13.3 Å². The fraction of sp³-hybridized carbons (Fsp3) is 0.214. The molecule has 0 saturated carbocycles. The van der Waals surface area contributed by atoms with Crippen LogP contribution in [0.4, 0.5) is 4.39 Å². The first kappa shape index (κ1) is 13.1. The van der Waals surface area contributed by atoms with E-state index < -0.39 is 0 Å². The van der Waals surface area contributed by atoms with Crippen LogP contribution in [0.25, 0.3) is 0 Å². The predicted molar refractivity (Wildman–Crippen MR) is 69.2 cm³/mol. The van der Waals surface area contributed by atoms with Crippen molar-refractivity contribution in [3.05, 3.63) is 59.4 Å². The second-order valence-corrected chi connectivity index (χ2v) is 4.12. The van der Waals surface area contributed by atoms with Gasteiger partial charge in [-0.1, -0.05) is 18.2 Å². The SMILES string of the molecule is Cc1ncc(C(=O)NCCc2ccccc2F)cn1. The maximum Gasteiger partial charge on any atom is 0.254 e. The Morgan fingerprint density at radius 1 is 1.26 bits per heavy atom. The number of carbonyl (C=O) groups is 1. The number of nitrogens with zero attached hydrogens (tertiary/aromatic N) is 2. The highest BCUT2D eigenvalue weighted by Crippen LogP contribution is 2.06. The third-order valence-electron chi connectivity index (χ3n) is 2.68. The molecule has 1 amide bonds. The number of benzene rings is 1. The molecule has 1 heterocycles. The highest BCUT2D eigenvalue weighted by Gasteiger charge is 2.06. The van der Waals surface area contributed by atoms with Crippen molar-refractivity contribution in [1.29, 1.82) is 0 Å². The van der Waals surface area contributed by atoms with Gasteiger partial charge in [0.2, 0.25) is 0 Å². The molecular weight excluding hydrogens is 245 g/mol. The zero-order valence-electron chi connectivity index (χ0n) is 10.6. The summed E-state index contributed by atoms with van der Waals surface area (Å²) in [5.41, 5.74) is 0.988. The molecule has 0 spiro atoms. The lowest BCUT2D eigenvalue weighted by Gasteiger charge is -2.05. The molecule has 2 aromatic rings. The zero-order valence-corrected chi connectivity index (χ0v) is 10.6. The van der Waals surface area contributed by atoms with E-state index in [0.717, 1.165) is 0 Å². The molecular formula is C14H14FN3O. The van der Waals surface area contributed by atoms with E-state index in [1.165, 1.54) is 18.5 Å². The second-order valence-electron chi connectivity index (χ2n) is 4.12. The van der Waals surface area contributed by atoms with Crippen LogP contribution in [0.15, 0.2) is 36.7 Å². The van der Waals surface area contributed by atoms with Gasteiger partial charge in [0.05, 0.1) is 5.56 Å². The van der Waals surface area contributed by atoms with E-state index in [0.29, 0.717) is 29.9 Å². The summed E-state index contributed by atoms with van der Waals surface area (Å²) in [7, 11) is 0. The number of aryl methyl sites for hydroxylation is 1. The van der Waals surface area contributed by atoms with E-state index in [4.69, 9.17) is 0 Å². The van der Waals surface area contributed by atoms with Gasteiger partial charge in [0.1, 0.15) is 11.6 Å². The molecule has 1 N–H and O–H groups in total. The summed E-state index contributed by atoms with van der Waals surface area (Å²) in [6.07, 6.45) is 3.40. The highest BCUT2D eigenvalue weighted by molar-refractivity contribution is 5.93. The molecule has 0 aliphatic rings. The van der Waals surface area contributed by atoms with Gasteiger partial charge in [-0.3, -0.25) is 4.79 Å². The van der Waals surface area contributed by atoms with E-state index in [2.05, 4.69) is 15.3 Å². The van der Waals surface area contributed by atoms with Gasteiger partial charge in [0.25, 0.3) is 5.91 Å². The van der Waals surface area contributed by atoms with E-state index in [1.807, 2.05) is 0 Å². The molecule has 0 unspecified atom stereocenters. The van der Waals surface area contributed by atoms with Gasteiger partial charge in [-0.2, -0.15) is 0 Å². The summed E-state index contributed by atoms with van der Waals surface area (Å²) in [5.74, 6) is 0.106. The highest BCUT2D eigenvalue weighted by atomic mass is 19.1. The van der Waals surface area contributed by atoms with Crippen LogP contribution in [0.2, 0.25) is 0 Å². The first-order valence-corrected chi connectivity index (χ1v) is 5.97. The van der Waals surface area contributed by atoms with Crippen LogP contribution in [0.3, 0.4) is 0 Å². The fourth-order valence-corrected chi connectivity index (χ4v) is 1.62. The van der Waals surface area contributed by atoms with Crippen molar-refractivity contribution in [3.63, 3.8) is 0 Å². The average molecular weight is 259 g/mol. The minimum atomic E-state index is -0.254. The number of rotatable bonds is 4. The average Bonchev–Trinajstić information content (AvgIpc) is 2.41. The summed E-state index contributed by atoms with van der Waals surface area (Å²) in [4.78, 5) is 19.6. The Labute approximate surface area is 110 Å². The Kier molecular flexibility index (Phi) is 4.18.